The molecule has 110 valence electrons. The molecule has 5 heteroatoms. The number of ether oxygens (including phenoxy) is 1. The van der Waals surface area contributed by atoms with E-state index in [1.165, 1.54) is 0 Å². The standard InChI is InChI=1S/C16H16BrNO3/c17-9-15(20)13-6-7-16(14(8-13)18-11-19)21-10-12-4-2-1-3-5-12/h1-8,11,15,20H,9-10H2,(H,18,19). The van der Waals surface area contributed by atoms with Gasteiger partial charge in [-0.3, -0.25) is 4.79 Å². The summed E-state index contributed by atoms with van der Waals surface area (Å²) in [5.74, 6) is 0.566. The number of rotatable bonds is 7. The average molecular weight is 350 g/mol. The van der Waals surface area contributed by atoms with Crippen LogP contribution in [0.15, 0.2) is 48.5 Å². The second-order valence-corrected chi connectivity index (χ2v) is 5.11. The molecule has 1 amide bonds. The molecule has 0 aromatic heterocycles. The number of benzene rings is 2. The van der Waals surface area contributed by atoms with Gasteiger partial charge >= 0.3 is 0 Å². The molecule has 0 aliphatic rings. The monoisotopic (exact) mass is 349 g/mol. The molecule has 2 aromatic rings. The van der Waals surface area contributed by atoms with E-state index in [9.17, 15) is 9.90 Å². The Morgan fingerprint density at radius 2 is 2.00 bits per heavy atom. The highest BCUT2D eigenvalue weighted by Gasteiger charge is 2.10. The van der Waals surface area contributed by atoms with Crippen LogP contribution in [0.1, 0.15) is 17.2 Å². The summed E-state index contributed by atoms with van der Waals surface area (Å²) in [6, 6.07) is 15.0. The molecule has 0 bridgehead atoms. The summed E-state index contributed by atoms with van der Waals surface area (Å²) < 4.78 is 5.73. The summed E-state index contributed by atoms with van der Waals surface area (Å²) >= 11 is 3.22. The molecule has 0 saturated carbocycles. The van der Waals surface area contributed by atoms with E-state index in [4.69, 9.17) is 4.74 Å². The molecule has 2 N–H and O–H groups in total. The number of anilines is 1. The highest BCUT2D eigenvalue weighted by atomic mass is 79.9. The molecular weight excluding hydrogens is 334 g/mol. The third-order valence-corrected chi connectivity index (χ3v) is 3.60. The van der Waals surface area contributed by atoms with E-state index in [0.29, 0.717) is 35.3 Å². The Morgan fingerprint density at radius 1 is 1.24 bits per heavy atom. The number of aliphatic hydroxyl groups is 1. The fraction of sp³-hybridized carbons (Fsp3) is 0.188. The maximum Gasteiger partial charge on any atom is 0.211 e. The van der Waals surface area contributed by atoms with Gasteiger partial charge in [-0.05, 0) is 23.3 Å². The normalized spacial score (nSPS) is 11.7. The Balaban J connectivity index is 2.16. The van der Waals surface area contributed by atoms with Crippen LogP contribution in [0, 0.1) is 0 Å². The van der Waals surface area contributed by atoms with Crippen LogP contribution in [0.2, 0.25) is 0 Å². The van der Waals surface area contributed by atoms with Crippen molar-refractivity contribution >= 4 is 28.0 Å². The third kappa shape index (κ3) is 4.31. The van der Waals surface area contributed by atoms with Gasteiger partial charge in [0.25, 0.3) is 0 Å². The third-order valence-electron chi connectivity index (χ3n) is 2.99. The number of hydrogen-bond acceptors (Lipinski definition) is 3. The van der Waals surface area contributed by atoms with Crippen molar-refractivity contribution in [2.24, 2.45) is 0 Å². The van der Waals surface area contributed by atoms with Gasteiger partial charge in [0.05, 0.1) is 11.8 Å². The quantitative estimate of drug-likeness (QED) is 0.595. The first-order valence-electron chi connectivity index (χ1n) is 6.49. The smallest absolute Gasteiger partial charge is 0.211 e. The lowest BCUT2D eigenvalue weighted by atomic mass is 10.1. The molecule has 0 aliphatic carbocycles. The van der Waals surface area contributed by atoms with Gasteiger partial charge in [0.1, 0.15) is 12.4 Å². The molecule has 0 heterocycles. The lowest BCUT2D eigenvalue weighted by molar-refractivity contribution is -0.105. The number of halogens is 1. The van der Waals surface area contributed by atoms with E-state index >= 15 is 0 Å². The largest absolute Gasteiger partial charge is 0.487 e. The molecule has 1 atom stereocenters. The van der Waals surface area contributed by atoms with Gasteiger partial charge in [-0.25, -0.2) is 0 Å². The van der Waals surface area contributed by atoms with Gasteiger partial charge in [0, 0.05) is 5.33 Å². The summed E-state index contributed by atoms with van der Waals surface area (Å²) in [5, 5.41) is 12.8. The Hall–Kier alpha value is -1.85. The van der Waals surface area contributed by atoms with Gasteiger partial charge in [0.15, 0.2) is 0 Å². The second-order valence-electron chi connectivity index (χ2n) is 4.46. The molecule has 4 nitrogen and oxygen atoms in total. The first-order valence-corrected chi connectivity index (χ1v) is 7.61. The summed E-state index contributed by atoms with van der Waals surface area (Å²) in [6.07, 6.45) is -0.0324. The minimum absolute atomic E-state index is 0.411. The van der Waals surface area contributed by atoms with Crippen molar-refractivity contribution in [3.63, 3.8) is 0 Å². The van der Waals surface area contributed by atoms with Crippen LogP contribution >= 0.6 is 15.9 Å². The molecule has 1 unspecified atom stereocenters. The van der Waals surface area contributed by atoms with Crippen molar-refractivity contribution in [2.75, 3.05) is 10.6 Å². The minimum Gasteiger partial charge on any atom is -0.487 e. The maximum absolute atomic E-state index is 10.7. The zero-order chi connectivity index (χ0) is 15.1. The fourth-order valence-corrected chi connectivity index (χ4v) is 2.26. The maximum atomic E-state index is 10.7. The fourth-order valence-electron chi connectivity index (χ4n) is 1.88. The van der Waals surface area contributed by atoms with Crippen molar-refractivity contribution in [1.82, 2.24) is 0 Å². The van der Waals surface area contributed by atoms with E-state index in [1.54, 1.807) is 18.2 Å². The number of amides is 1. The predicted octanol–water partition coefficient (Wildman–Crippen LogP) is 3.26. The summed E-state index contributed by atoms with van der Waals surface area (Å²) in [5.41, 5.74) is 2.29. The lowest BCUT2D eigenvalue weighted by Gasteiger charge is -2.14. The molecule has 0 radical (unpaired) electrons. The summed E-state index contributed by atoms with van der Waals surface area (Å²) in [7, 11) is 0. The van der Waals surface area contributed by atoms with Gasteiger partial charge in [0.2, 0.25) is 6.41 Å². The van der Waals surface area contributed by atoms with Crippen LogP contribution in [0.25, 0.3) is 0 Å². The van der Waals surface area contributed by atoms with Crippen molar-refractivity contribution in [3.8, 4) is 5.75 Å². The first-order chi connectivity index (χ1) is 10.2. The van der Waals surface area contributed by atoms with E-state index in [-0.39, 0.29) is 0 Å². The first kappa shape index (κ1) is 15.5. The van der Waals surface area contributed by atoms with E-state index in [2.05, 4.69) is 21.2 Å². The van der Waals surface area contributed by atoms with Gasteiger partial charge in [-0.15, -0.1) is 0 Å². The predicted molar refractivity (Wildman–Crippen MR) is 85.7 cm³/mol. The number of carbonyl (C=O) groups excluding carboxylic acids is 1. The van der Waals surface area contributed by atoms with E-state index in [0.717, 1.165) is 5.56 Å². The molecular formula is C16H16BrNO3. The van der Waals surface area contributed by atoms with Crippen molar-refractivity contribution in [3.05, 3.63) is 59.7 Å². The van der Waals surface area contributed by atoms with Crippen LogP contribution in [-0.4, -0.2) is 16.8 Å². The molecule has 2 rings (SSSR count). The molecule has 0 spiro atoms. The lowest BCUT2D eigenvalue weighted by Crippen LogP contribution is -2.04. The number of carbonyl (C=O) groups is 1. The zero-order valence-corrected chi connectivity index (χ0v) is 12.9. The molecule has 21 heavy (non-hydrogen) atoms. The van der Waals surface area contributed by atoms with Crippen LogP contribution in [0.5, 0.6) is 5.75 Å². The van der Waals surface area contributed by atoms with Crippen LogP contribution < -0.4 is 10.1 Å². The average Bonchev–Trinajstić information content (AvgIpc) is 2.54. The van der Waals surface area contributed by atoms with Crippen molar-refractivity contribution < 1.29 is 14.6 Å². The van der Waals surface area contributed by atoms with Crippen LogP contribution in [0.4, 0.5) is 5.69 Å². The summed E-state index contributed by atoms with van der Waals surface area (Å²) in [4.78, 5) is 10.7. The van der Waals surface area contributed by atoms with Crippen molar-refractivity contribution in [2.45, 2.75) is 12.7 Å². The highest BCUT2D eigenvalue weighted by molar-refractivity contribution is 9.09. The topological polar surface area (TPSA) is 58.6 Å². The Bertz CT molecular complexity index is 589. The van der Waals surface area contributed by atoms with Gasteiger partial charge < -0.3 is 15.2 Å². The van der Waals surface area contributed by atoms with Gasteiger partial charge in [-0.2, -0.15) is 0 Å². The number of nitrogens with one attached hydrogen (secondary N) is 1. The van der Waals surface area contributed by atoms with E-state index in [1.807, 2.05) is 30.3 Å². The van der Waals surface area contributed by atoms with Crippen LogP contribution in [0.3, 0.4) is 0 Å². The highest BCUT2D eigenvalue weighted by Crippen LogP contribution is 2.29. The van der Waals surface area contributed by atoms with Crippen LogP contribution in [-0.2, 0) is 11.4 Å². The zero-order valence-electron chi connectivity index (χ0n) is 11.3. The summed E-state index contributed by atoms with van der Waals surface area (Å²) in [6.45, 7) is 0.411. The Labute approximate surface area is 131 Å². The van der Waals surface area contributed by atoms with E-state index < -0.39 is 6.10 Å². The SMILES string of the molecule is O=CNc1cc(C(O)CBr)ccc1OCc1ccccc1. The number of alkyl halides is 1. The number of aliphatic hydroxyl groups excluding tert-OH is 1. The Morgan fingerprint density at radius 3 is 2.67 bits per heavy atom. The molecule has 0 saturated heterocycles. The molecule has 0 fully saturated rings. The number of hydrogen-bond donors (Lipinski definition) is 2. The Kier molecular flexibility index (Phi) is 5.78. The molecule has 0 aliphatic heterocycles. The molecule has 2 aromatic carbocycles. The minimum atomic E-state index is -0.625. The second kappa shape index (κ2) is 7.81. The van der Waals surface area contributed by atoms with Gasteiger partial charge in [-0.1, -0.05) is 52.3 Å². The van der Waals surface area contributed by atoms with Crippen molar-refractivity contribution in [1.29, 1.82) is 0 Å².